The molecule has 1 aliphatic heterocycles. The molecule has 0 fully saturated rings. The number of hydrogen-bond donors (Lipinski definition) is 2. The van der Waals surface area contributed by atoms with Gasteiger partial charge in [-0.05, 0) is 11.6 Å². The van der Waals surface area contributed by atoms with Crippen LogP contribution in [-0.4, -0.2) is 25.9 Å². The van der Waals surface area contributed by atoms with E-state index in [4.69, 9.17) is 16.4 Å². The highest BCUT2D eigenvalue weighted by Gasteiger charge is 2.21. The Labute approximate surface area is 178 Å². The summed E-state index contributed by atoms with van der Waals surface area (Å²) in [5.74, 6) is 6.07. The molecule has 1 aliphatic rings. The topological polar surface area (TPSA) is 75.6 Å². The van der Waals surface area contributed by atoms with Gasteiger partial charge in [0.1, 0.15) is 6.79 Å². The Morgan fingerprint density at radius 1 is 0.862 bits per heavy atom. The van der Waals surface area contributed by atoms with E-state index in [0.29, 0.717) is 5.70 Å². The number of carbonyl (C=O) groups excluding carboxylic acids is 1. The zero-order valence-electron chi connectivity index (χ0n) is 19.5. The van der Waals surface area contributed by atoms with E-state index in [0.717, 1.165) is 29.1 Å². The van der Waals surface area contributed by atoms with Gasteiger partial charge >= 0.3 is 0 Å². The molecule has 2 aromatic carbocycles. The first-order valence-corrected chi connectivity index (χ1v) is 10.3. The minimum absolute atomic E-state index is 0.703. The fourth-order valence-electron chi connectivity index (χ4n) is 2.92. The number of rotatable bonds is 1. The molecule has 0 atom stereocenters. The van der Waals surface area contributed by atoms with Crippen molar-refractivity contribution < 1.29 is 4.79 Å². The summed E-state index contributed by atoms with van der Waals surface area (Å²) in [7, 11) is 3.91. The molecule has 0 aromatic heterocycles. The van der Waals surface area contributed by atoms with Gasteiger partial charge in [-0.15, -0.1) is 0 Å². The van der Waals surface area contributed by atoms with Crippen LogP contribution in [0, 0.1) is 0 Å². The third-order valence-corrected chi connectivity index (χ3v) is 3.89. The van der Waals surface area contributed by atoms with E-state index < -0.39 is 0 Å². The molecule has 0 bridgehead atoms. The van der Waals surface area contributed by atoms with E-state index in [1.165, 1.54) is 5.56 Å². The lowest BCUT2D eigenvalue weighted by Gasteiger charge is -2.30. The third-order valence-electron chi connectivity index (χ3n) is 3.89. The monoisotopic (exact) mass is 400 g/mol. The fourth-order valence-corrected chi connectivity index (χ4v) is 2.92. The van der Waals surface area contributed by atoms with Gasteiger partial charge in [-0.2, -0.15) is 0 Å². The van der Waals surface area contributed by atoms with Gasteiger partial charge in [-0.1, -0.05) is 84.0 Å². The molecule has 0 saturated heterocycles. The fraction of sp³-hybridized carbons (Fsp3) is 0.375. The lowest BCUT2D eigenvalue weighted by Crippen LogP contribution is -2.30. The first-order chi connectivity index (χ1) is 14.1. The summed E-state index contributed by atoms with van der Waals surface area (Å²) in [6.07, 6.45) is 0. The number of hydrazine groups is 1. The lowest BCUT2D eigenvalue weighted by molar-refractivity contribution is -0.0979. The van der Waals surface area contributed by atoms with Crippen molar-refractivity contribution in [3.63, 3.8) is 0 Å². The molecule has 0 spiro atoms. The Morgan fingerprint density at radius 2 is 1.31 bits per heavy atom. The van der Waals surface area contributed by atoms with Crippen LogP contribution < -0.4 is 16.5 Å². The molecular weight excluding hydrogens is 360 g/mol. The van der Waals surface area contributed by atoms with Gasteiger partial charge in [-0.3, -0.25) is 0 Å². The van der Waals surface area contributed by atoms with Crippen LogP contribution in [0.25, 0.3) is 11.4 Å². The number of para-hydroxylation sites is 1. The highest BCUT2D eigenvalue weighted by Crippen LogP contribution is 2.34. The Kier molecular flexibility index (Phi) is 15.9. The first kappa shape index (κ1) is 28.4. The summed E-state index contributed by atoms with van der Waals surface area (Å²) in [6, 6.07) is 16.4. The molecule has 3 rings (SSSR count). The van der Waals surface area contributed by atoms with Gasteiger partial charge in [0.05, 0.1) is 11.4 Å². The minimum Gasteiger partial charge on any atom is -0.396 e. The van der Waals surface area contributed by atoms with Gasteiger partial charge in [0.25, 0.3) is 0 Å². The molecule has 0 aliphatic carbocycles. The SMILES string of the molecule is C=O.CC.CC.CC.CN(N)/C1=C(\N)c2ccccc2N(C)Cc2ccccc21. The van der Waals surface area contributed by atoms with Gasteiger partial charge in [-0.25, -0.2) is 5.84 Å². The Balaban J connectivity index is 0. The Morgan fingerprint density at radius 3 is 1.83 bits per heavy atom. The van der Waals surface area contributed by atoms with Crippen molar-refractivity contribution in [3.05, 3.63) is 65.2 Å². The van der Waals surface area contributed by atoms with Gasteiger partial charge < -0.3 is 20.4 Å². The van der Waals surface area contributed by atoms with E-state index >= 15 is 0 Å². The maximum absolute atomic E-state index is 8.00. The molecule has 5 nitrogen and oxygen atoms in total. The average Bonchev–Trinajstić information content (AvgIpc) is 2.79. The molecule has 0 saturated carbocycles. The standard InChI is InChI=1S/C17H20N4.3C2H6.CH2O/c1-20-11-12-7-3-4-8-13(12)17(21(2)19)16(18)14-9-5-6-10-15(14)20;4*1-2/h3-10H,11,18-19H2,1-2H3;3*1-2H3;1H2/b17-16-;;;;. The second-order valence-corrected chi connectivity index (χ2v) is 5.40. The summed E-state index contributed by atoms with van der Waals surface area (Å²) in [4.78, 5) is 10.2. The second kappa shape index (κ2) is 16.2. The van der Waals surface area contributed by atoms with Gasteiger partial charge in [0.2, 0.25) is 0 Å². The van der Waals surface area contributed by atoms with E-state index in [1.807, 2.05) is 85.7 Å². The van der Waals surface area contributed by atoms with Crippen LogP contribution in [0.5, 0.6) is 0 Å². The summed E-state index contributed by atoms with van der Waals surface area (Å²) in [5.41, 5.74) is 12.5. The molecule has 4 N–H and O–H groups in total. The van der Waals surface area contributed by atoms with Crippen LogP contribution in [0.15, 0.2) is 48.5 Å². The van der Waals surface area contributed by atoms with Crippen molar-refractivity contribution in [1.29, 1.82) is 0 Å². The van der Waals surface area contributed by atoms with Crippen molar-refractivity contribution in [2.45, 2.75) is 48.1 Å². The molecule has 2 aromatic rings. The smallest absolute Gasteiger partial charge is 0.106 e. The average molecular weight is 401 g/mol. The van der Waals surface area contributed by atoms with Crippen LogP contribution >= 0.6 is 0 Å². The Hall–Kier alpha value is -2.79. The number of nitrogens with two attached hydrogens (primary N) is 2. The number of nitrogens with zero attached hydrogens (tertiary/aromatic N) is 2. The van der Waals surface area contributed by atoms with Crippen molar-refractivity contribution in [1.82, 2.24) is 5.01 Å². The van der Waals surface area contributed by atoms with Crippen molar-refractivity contribution in [2.75, 3.05) is 19.0 Å². The lowest BCUT2D eigenvalue weighted by atomic mass is 9.96. The highest BCUT2D eigenvalue weighted by atomic mass is 16.1. The highest BCUT2D eigenvalue weighted by molar-refractivity contribution is 5.93. The second-order valence-electron chi connectivity index (χ2n) is 5.40. The van der Waals surface area contributed by atoms with Crippen LogP contribution in [0.2, 0.25) is 0 Å². The molecule has 29 heavy (non-hydrogen) atoms. The molecule has 1 heterocycles. The molecule has 162 valence electrons. The van der Waals surface area contributed by atoms with Crippen molar-refractivity contribution in [2.24, 2.45) is 11.6 Å². The normalized spacial score (nSPS) is 13.5. The van der Waals surface area contributed by atoms with E-state index in [-0.39, 0.29) is 0 Å². The largest absolute Gasteiger partial charge is 0.396 e. The van der Waals surface area contributed by atoms with Crippen molar-refractivity contribution in [3.8, 4) is 0 Å². The molecule has 0 radical (unpaired) electrons. The molecule has 5 heteroatoms. The van der Waals surface area contributed by atoms with Crippen LogP contribution in [-0.2, 0) is 11.3 Å². The number of benzene rings is 2. The number of carbonyl (C=O) groups is 1. The maximum atomic E-state index is 8.00. The summed E-state index contributed by atoms with van der Waals surface area (Å²) in [6.45, 7) is 14.8. The summed E-state index contributed by atoms with van der Waals surface area (Å²) < 4.78 is 0. The van der Waals surface area contributed by atoms with Gasteiger partial charge in [0, 0.05) is 37.5 Å². The number of anilines is 1. The van der Waals surface area contributed by atoms with E-state index in [2.05, 4.69) is 30.1 Å². The number of fused-ring (bicyclic) bond motifs is 2. The molecule has 0 amide bonds. The quantitative estimate of drug-likeness (QED) is 0.513. The Bertz CT molecular complexity index is 726. The summed E-state index contributed by atoms with van der Waals surface area (Å²) >= 11 is 0. The van der Waals surface area contributed by atoms with Crippen LogP contribution in [0.1, 0.15) is 58.2 Å². The zero-order valence-corrected chi connectivity index (χ0v) is 19.5. The predicted molar refractivity (Wildman–Crippen MR) is 129 cm³/mol. The summed E-state index contributed by atoms with van der Waals surface area (Å²) in [5, 5.41) is 1.61. The van der Waals surface area contributed by atoms with E-state index in [1.54, 1.807) is 5.01 Å². The predicted octanol–water partition coefficient (Wildman–Crippen LogP) is 5.12. The molecule has 0 unspecified atom stereocenters. The van der Waals surface area contributed by atoms with Crippen molar-refractivity contribution >= 4 is 23.9 Å². The number of hydrogen-bond acceptors (Lipinski definition) is 5. The van der Waals surface area contributed by atoms with E-state index in [9.17, 15) is 0 Å². The maximum Gasteiger partial charge on any atom is 0.106 e. The third kappa shape index (κ3) is 7.27. The van der Waals surface area contributed by atoms with Crippen LogP contribution in [0.4, 0.5) is 5.69 Å². The van der Waals surface area contributed by atoms with Crippen LogP contribution in [0.3, 0.4) is 0 Å². The molecular formula is C24H40N4O. The minimum atomic E-state index is 0.703. The first-order valence-electron chi connectivity index (χ1n) is 10.3. The zero-order chi connectivity index (χ0) is 23.0. The van der Waals surface area contributed by atoms with Gasteiger partial charge in [0.15, 0.2) is 0 Å².